The molecule has 0 spiro atoms. The lowest BCUT2D eigenvalue weighted by Crippen LogP contribution is -2.06. The van der Waals surface area contributed by atoms with Gasteiger partial charge in [-0.3, -0.25) is 0 Å². The van der Waals surface area contributed by atoms with Crippen molar-refractivity contribution in [2.75, 3.05) is 29.1 Å². The predicted octanol–water partition coefficient (Wildman–Crippen LogP) is 2.74. The average Bonchev–Trinajstić information content (AvgIpc) is 2.23. The second-order valence-electron chi connectivity index (χ2n) is 3.02. The minimum Gasteiger partial charge on any atom is -0.397 e. The van der Waals surface area contributed by atoms with Gasteiger partial charge in [-0.25, -0.2) is 4.39 Å². The maximum atomic E-state index is 12.9. The van der Waals surface area contributed by atoms with Crippen molar-refractivity contribution < 1.29 is 4.39 Å². The maximum Gasteiger partial charge on any atom is 0.125 e. The Morgan fingerprint density at radius 1 is 1.53 bits per heavy atom. The summed E-state index contributed by atoms with van der Waals surface area (Å²) in [5, 5.41) is 3.09. The summed E-state index contributed by atoms with van der Waals surface area (Å²) >= 11 is 1.77. The van der Waals surface area contributed by atoms with Gasteiger partial charge >= 0.3 is 0 Å². The normalized spacial score (nSPS) is 9.93. The van der Waals surface area contributed by atoms with E-state index in [1.165, 1.54) is 12.1 Å². The summed E-state index contributed by atoms with van der Waals surface area (Å²) in [6.45, 7) is 4.40. The molecule has 1 aromatic rings. The Kier molecular flexibility index (Phi) is 5.04. The minimum atomic E-state index is -0.273. The molecule has 0 aliphatic carbocycles. The molecule has 0 amide bonds. The van der Waals surface area contributed by atoms with Gasteiger partial charge in [0.25, 0.3) is 0 Å². The number of hydrogen-bond acceptors (Lipinski definition) is 3. The second kappa shape index (κ2) is 6.35. The van der Waals surface area contributed by atoms with Crippen LogP contribution in [0.15, 0.2) is 30.9 Å². The number of thioether (sulfide) groups is 1. The van der Waals surface area contributed by atoms with Crippen LogP contribution in [-0.2, 0) is 0 Å². The van der Waals surface area contributed by atoms with Crippen molar-refractivity contribution in [3.05, 3.63) is 36.7 Å². The molecule has 0 saturated heterocycles. The molecule has 0 aliphatic heterocycles. The molecular weight excluding hydrogens is 211 g/mol. The van der Waals surface area contributed by atoms with Gasteiger partial charge in [-0.1, -0.05) is 6.08 Å². The summed E-state index contributed by atoms with van der Waals surface area (Å²) < 4.78 is 12.9. The van der Waals surface area contributed by atoms with Gasteiger partial charge in [-0.2, -0.15) is 11.8 Å². The number of halogens is 1. The standard InChI is InChI=1S/C11H15FN2S/c1-2-6-15-7-5-14-11-8-9(12)3-4-10(11)13/h2-4,8,14H,1,5-7,13H2. The molecule has 0 saturated carbocycles. The fourth-order valence-corrected chi connectivity index (χ4v) is 1.69. The zero-order valence-corrected chi connectivity index (χ0v) is 9.32. The molecular formula is C11H15FN2S. The average molecular weight is 226 g/mol. The topological polar surface area (TPSA) is 38.0 Å². The molecule has 1 aromatic carbocycles. The number of benzene rings is 1. The Morgan fingerprint density at radius 3 is 3.07 bits per heavy atom. The minimum absolute atomic E-state index is 0.273. The molecule has 0 fully saturated rings. The molecule has 1 rings (SSSR count). The summed E-state index contributed by atoms with van der Waals surface area (Å²) in [6, 6.07) is 4.33. The van der Waals surface area contributed by atoms with Crippen LogP contribution in [0.1, 0.15) is 0 Å². The molecule has 0 atom stereocenters. The molecule has 0 aliphatic rings. The van der Waals surface area contributed by atoms with Crippen LogP contribution < -0.4 is 11.1 Å². The molecule has 15 heavy (non-hydrogen) atoms. The third-order valence-corrected chi connectivity index (χ3v) is 2.78. The van der Waals surface area contributed by atoms with Crippen LogP contribution >= 0.6 is 11.8 Å². The van der Waals surface area contributed by atoms with Crippen LogP contribution in [0, 0.1) is 5.82 Å². The second-order valence-corrected chi connectivity index (χ2v) is 4.17. The van der Waals surface area contributed by atoms with Gasteiger partial charge in [0.1, 0.15) is 5.82 Å². The van der Waals surface area contributed by atoms with Crippen molar-refractivity contribution in [3.63, 3.8) is 0 Å². The highest BCUT2D eigenvalue weighted by molar-refractivity contribution is 7.99. The molecule has 4 heteroatoms. The van der Waals surface area contributed by atoms with Gasteiger partial charge in [0.2, 0.25) is 0 Å². The first-order chi connectivity index (χ1) is 7.24. The van der Waals surface area contributed by atoms with Crippen molar-refractivity contribution in [3.8, 4) is 0 Å². The maximum absolute atomic E-state index is 12.9. The molecule has 2 nitrogen and oxygen atoms in total. The highest BCUT2D eigenvalue weighted by Crippen LogP contribution is 2.18. The monoisotopic (exact) mass is 226 g/mol. The lowest BCUT2D eigenvalue weighted by atomic mass is 10.2. The van der Waals surface area contributed by atoms with E-state index in [0.717, 1.165) is 18.1 Å². The van der Waals surface area contributed by atoms with Gasteiger partial charge in [-0.05, 0) is 18.2 Å². The SMILES string of the molecule is C=CCSCCNc1cc(F)ccc1N. The van der Waals surface area contributed by atoms with E-state index in [4.69, 9.17) is 5.73 Å². The van der Waals surface area contributed by atoms with Crippen molar-refractivity contribution in [2.45, 2.75) is 0 Å². The molecule has 0 unspecified atom stereocenters. The zero-order valence-electron chi connectivity index (χ0n) is 8.50. The largest absolute Gasteiger partial charge is 0.397 e. The van der Waals surface area contributed by atoms with Gasteiger partial charge in [0.05, 0.1) is 11.4 Å². The smallest absolute Gasteiger partial charge is 0.125 e. The number of nitrogens with two attached hydrogens (primary N) is 1. The highest BCUT2D eigenvalue weighted by Gasteiger charge is 1.99. The Morgan fingerprint density at radius 2 is 2.33 bits per heavy atom. The summed E-state index contributed by atoms with van der Waals surface area (Å²) in [5.41, 5.74) is 6.91. The number of nitrogens with one attached hydrogen (secondary N) is 1. The quantitative estimate of drug-likeness (QED) is 0.445. The van der Waals surface area contributed by atoms with E-state index in [-0.39, 0.29) is 5.82 Å². The lowest BCUT2D eigenvalue weighted by Gasteiger charge is -2.08. The third kappa shape index (κ3) is 4.25. The van der Waals surface area contributed by atoms with Crippen molar-refractivity contribution in [2.24, 2.45) is 0 Å². The Balaban J connectivity index is 2.36. The first kappa shape index (κ1) is 11.9. The van der Waals surface area contributed by atoms with Crippen LogP contribution in [-0.4, -0.2) is 18.1 Å². The Hall–Kier alpha value is -1.16. The lowest BCUT2D eigenvalue weighted by molar-refractivity contribution is 0.628. The number of anilines is 2. The molecule has 0 aromatic heterocycles. The molecule has 0 heterocycles. The van der Waals surface area contributed by atoms with E-state index in [1.807, 2.05) is 6.08 Å². The zero-order chi connectivity index (χ0) is 11.1. The molecule has 0 bridgehead atoms. The summed E-state index contributed by atoms with van der Waals surface area (Å²) in [6.07, 6.45) is 1.86. The Labute approximate surface area is 93.7 Å². The van der Waals surface area contributed by atoms with E-state index in [9.17, 15) is 4.39 Å². The number of rotatable bonds is 6. The first-order valence-electron chi connectivity index (χ1n) is 4.71. The highest BCUT2D eigenvalue weighted by atomic mass is 32.2. The van der Waals surface area contributed by atoms with E-state index in [1.54, 1.807) is 17.8 Å². The predicted molar refractivity (Wildman–Crippen MR) is 66.8 cm³/mol. The van der Waals surface area contributed by atoms with E-state index >= 15 is 0 Å². The number of nitrogen functional groups attached to an aromatic ring is 1. The third-order valence-electron chi connectivity index (χ3n) is 1.81. The fourth-order valence-electron chi connectivity index (χ4n) is 1.11. The summed E-state index contributed by atoms with van der Waals surface area (Å²) in [5.74, 6) is 1.60. The van der Waals surface area contributed by atoms with Crippen LogP contribution in [0.25, 0.3) is 0 Å². The van der Waals surface area contributed by atoms with Crippen molar-refractivity contribution in [1.82, 2.24) is 0 Å². The van der Waals surface area contributed by atoms with E-state index in [2.05, 4.69) is 11.9 Å². The fraction of sp³-hybridized carbons (Fsp3) is 0.273. The van der Waals surface area contributed by atoms with Crippen LogP contribution in [0.5, 0.6) is 0 Å². The van der Waals surface area contributed by atoms with Crippen molar-refractivity contribution in [1.29, 1.82) is 0 Å². The first-order valence-corrected chi connectivity index (χ1v) is 5.87. The molecule has 82 valence electrons. The summed E-state index contributed by atoms with van der Waals surface area (Å²) in [4.78, 5) is 0. The Bertz CT molecular complexity index is 328. The molecule has 3 N–H and O–H groups in total. The van der Waals surface area contributed by atoms with Crippen LogP contribution in [0.3, 0.4) is 0 Å². The van der Waals surface area contributed by atoms with Crippen LogP contribution in [0.2, 0.25) is 0 Å². The van der Waals surface area contributed by atoms with Gasteiger partial charge < -0.3 is 11.1 Å². The van der Waals surface area contributed by atoms with Gasteiger partial charge in [-0.15, -0.1) is 6.58 Å². The molecule has 0 radical (unpaired) electrons. The van der Waals surface area contributed by atoms with Crippen LogP contribution in [0.4, 0.5) is 15.8 Å². The van der Waals surface area contributed by atoms with Gasteiger partial charge in [0, 0.05) is 18.1 Å². The number of hydrogen-bond donors (Lipinski definition) is 2. The van der Waals surface area contributed by atoms with E-state index < -0.39 is 0 Å². The van der Waals surface area contributed by atoms with E-state index in [0.29, 0.717) is 11.4 Å². The summed E-state index contributed by atoms with van der Waals surface area (Å²) in [7, 11) is 0. The van der Waals surface area contributed by atoms with Gasteiger partial charge in [0.15, 0.2) is 0 Å². The van der Waals surface area contributed by atoms with Crippen molar-refractivity contribution >= 4 is 23.1 Å².